The quantitative estimate of drug-likeness (QED) is 0.669. The highest BCUT2D eigenvalue weighted by Gasteiger charge is 2.05. The van der Waals surface area contributed by atoms with E-state index >= 15 is 0 Å². The third-order valence-corrected chi connectivity index (χ3v) is 2.79. The Morgan fingerprint density at radius 1 is 1.33 bits per heavy atom. The molecule has 15 heavy (non-hydrogen) atoms. The van der Waals surface area contributed by atoms with Crippen LogP contribution in [0.1, 0.15) is 39.0 Å². The van der Waals surface area contributed by atoms with Gasteiger partial charge in [0.1, 0.15) is 0 Å². The first-order chi connectivity index (χ1) is 7.36. The van der Waals surface area contributed by atoms with Crippen molar-refractivity contribution in [2.24, 2.45) is 5.92 Å². The molecule has 1 aromatic heterocycles. The van der Waals surface area contributed by atoms with Gasteiger partial charge in [0, 0.05) is 25.5 Å². The van der Waals surface area contributed by atoms with E-state index < -0.39 is 0 Å². The van der Waals surface area contributed by atoms with Crippen LogP contribution >= 0.6 is 0 Å². The van der Waals surface area contributed by atoms with Crippen molar-refractivity contribution in [2.75, 3.05) is 6.61 Å². The first-order valence-corrected chi connectivity index (χ1v) is 5.93. The zero-order chi connectivity index (χ0) is 10.9. The maximum absolute atomic E-state index is 9.13. The second kappa shape index (κ2) is 7.46. The summed E-state index contributed by atoms with van der Waals surface area (Å²) in [7, 11) is 0. The lowest BCUT2D eigenvalue weighted by atomic mass is 9.98. The van der Waals surface area contributed by atoms with Crippen LogP contribution in [0.15, 0.2) is 18.7 Å². The summed E-state index contributed by atoms with van der Waals surface area (Å²) in [6.45, 7) is 3.57. The summed E-state index contributed by atoms with van der Waals surface area (Å²) in [5, 5.41) is 9.13. The number of hydrogen-bond acceptors (Lipinski definition) is 2. The highest BCUT2D eigenvalue weighted by atomic mass is 16.3. The molecule has 0 bridgehead atoms. The van der Waals surface area contributed by atoms with Crippen LogP contribution in [0.3, 0.4) is 0 Å². The molecule has 0 fully saturated rings. The molecule has 3 nitrogen and oxygen atoms in total. The third-order valence-electron chi connectivity index (χ3n) is 2.79. The maximum Gasteiger partial charge on any atom is 0.0945 e. The molecule has 0 aliphatic carbocycles. The Morgan fingerprint density at radius 3 is 2.80 bits per heavy atom. The molecule has 1 N–H and O–H groups in total. The summed E-state index contributed by atoms with van der Waals surface area (Å²) in [4.78, 5) is 4.00. The maximum atomic E-state index is 9.13. The fourth-order valence-corrected chi connectivity index (χ4v) is 1.88. The summed E-state index contributed by atoms with van der Waals surface area (Å²) >= 11 is 0. The van der Waals surface area contributed by atoms with Crippen molar-refractivity contribution in [1.82, 2.24) is 9.55 Å². The number of imidazole rings is 1. The molecule has 0 saturated carbocycles. The second-order valence-electron chi connectivity index (χ2n) is 4.13. The molecule has 86 valence electrons. The predicted octanol–water partition coefficient (Wildman–Crippen LogP) is 2.46. The van der Waals surface area contributed by atoms with Gasteiger partial charge in [-0.3, -0.25) is 0 Å². The minimum atomic E-state index is 0.346. The molecule has 0 saturated heterocycles. The van der Waals surface area contributed by atoms with Gasteiger partial charge in [0.2, 0.25) is 0 Å². The van der Waals surface area contributed by atoms with Gasteiger partial charge in [-0.05, 0) is 25.2 Å². The SMILES string of the molecule is CCC[C@@H](CO)CCCCn1ccnc1. The highest BCUT2D eigenvalue weighted by molar-refractivity contribution is 4.73. The summed E-state index contributed by atoms with van der Waals surface area (Å²) in [6, 6.07) is 0. The lowest BCUT2D eigenvalue weighted by Gasteiger charge is -2.12. The van der Waals surface area contributed by atoms with Crippen molar-refractivity contribution >= 4 is 0 Å². The van der Waals surface area contributed by atoms with E-state index in [1.807, 2.05) is 18.7 Å². The number of aliphatic hydroxyl groups is 1. The monoisotopic (exact) mass is 210 g/mol. The molecule has 0 unspecified atom stereocenters. The Morgan fingerprint density at radius 2 is 2.20 bits per heavy atom. The molecular weight excluding hydrogens is 188 g/mol. The van der Waals surface area contributed by atoms with Gasteiger partial charge in [0.15, 0.2) is 0 Å². The smallest absolute Gasteiger partial charge is 0.0945 e. The molecule has 0 radical (unpaired) electrons. The van der Waals surface area contributed by atoms with Crippen molar-refractivity contribution in [3.05, 3.63) is 18.7 Å². The summed E-state index contributed by atoms with van der Waals surface area (Å²) in [5.74, 6) is 0.512. The average Bonchev–Trinajstić information content (AvgIpc) is 2.75. The van der Waals surface area contributed by atoms with Gasteiger partial charge in [-0.15, -0.1) is 0 Å². The number of rotatable bonds is 8. The van der Waals surface area contributed by atoms with E-state index in [1.54, 1.807) is 0 Å². The van der Waals surface area contributed by atoms with Gasteiger partial charge in [-0.1, -0.05) is 19.8 Å². The van der Waals surface area contributed by atoms with E-state index in [9.17, 15) is 0 Å². The van der Waals surface area contributed by atoms with Crippen molar-refractivity contribution < 1.29 is 5.11 Å². The third kappa shape index (κ3) is 4.98. The standard InChI is InChI=1S/C12H22N2O/c1-2-5-12(10-15)6-3-4-8-14-9-7-13-11-14/h7,9,11-12,15H,2-6,8,10H2,1H3/t12-/m1/s1. The van der Waals surface area contributed by atoms with E-state index in [2.05, 4.69) is 16.5 Å². The predicted molar refractivity (Wildman–Crippen MR) is 61.6 cm³/mol. The van der Waals surface area contributed by atoms with Crippen LogP contribution < -0.4 is 0 Å². The number of aliphatic hydroxyl groups excluding tert-OH is 1. The number of aromatic nitrogens is 2. The molecule has 0 amide bonds. The highest BCUT2D eigenvalue weighted by Crippen LogP contribution is 2.14. The van der Waals surface area contributed by atoms with Crippen LogP contribution in [0.25, 0.3) is 0 Å². The Labute approximate surface area is 92.1 Å². The Balaban J connectivity index is 2.05. The van der Waals surface area contributed by atoms with Gasteiger partial charge in [-0.25, -0.2) is 4.98 Å². The Bertz CT molecular complexity index is 234. The summed E-state index contributed by atoms with van der Waals surface area (Å²) in [6.07, 6.45) is 11.5. The molecule has 1 atom stereocenters. The first kappa shape index (κ1) is 12.2. The second-order valence-corrected chi connectivity index (χ2v) is 4.13. The van der Waals surface area contributed by atoms with Crippen molar-refractivity contribution in [3.63, 3.8) is 0 Å². The molecular formula is C12H22N2O. The summed E-state index contributed by atoms with van der Waals surface area (Å²) < 4.78 is 2.10. The summed E-state index contributed by atoms with van der Waals surface area (Å²) in [5.41, 5.74) is 0. The Kier molecular flexibility index (Phi) is 6.09. The number of hydrogen-bond donors (Lipinski definition) is 1. The number of unbranched alkanes of at least 4 members (excludes halogenated alkanes) is 1. The van der Waals surface area contributed by atoms with Gasteiger partial charge in [0.25, 0.3) is 0 Å². The topological polar surface area (TPSA) is 38.0 Å². The molecule has 3 heteroatoms. The molecule has 0 aromatic carbocycles. The van der Waals surface area contributed by atoms with E-state index in [4.69, 9.17) is 5.11 Å². The average molecular weight is 210 g/mol. The van der Waals surface area contributed by atoms with E-state index in [0.717, 1.165) is 19.4 Å². The van der Waals surface area contributed by atoms with Gasteiger partial charge < -0.3 is 9.67 Å². The van der Waals surface area contributed by atoms with E-state index in [0.29, 0.717) is 12.5 Å². The minimum Gasteiger partial charge on any atom is -0.396 e. The largest absolute Gasteiger partial charge is 0.396 e. The van der Waals surface area contributed by atoms with Gasteiger partial charge in [-0.2, -0.15) is 0 Å². The first-order valence-electron chi connectivity index (χ1n) is 5.93. The van der Waals surface area contributed by atoms with Crippen LogP contribution in [0.4, 0.5) is 0 Å². The van der Waals surface area contributed by atoms with E-state index in [1.165, 1.54) is 19.3 Å². The fraction of sp³-hybridized carbons (Fsp3) is 0.750. The van der Waals surface area contributed by atoms with Crippen LogP contribution in [0.2, 0.25) is 0 Å². The Hall–Kier alpha value is -0.830. The lowest BCUT2D eigenvalue weighted by Crippen LogP contribution is -2.06. The van der Waals surface area contributed by atoms with Crippen LogP contribution in [-0.4, -0.2) is 21.3 Å². The van der Waals surface area contributed by atoms with Crippen molar-refractivity contribution in [2.45, 2.75) is 45.6 Å². The zero-order valence-electron chi connectivity index (χ0n) is 9.60. The number of nitrogens with zero attached hydrogens (tertiary/aromatic N) is 2. The van der Waals surface area contributed by atoms with Crippen LogP contribution in [-0.2, 0) is 6.54 Å². The van der Waals surface area contributed by atoms with Gasteiger partial charge >= 0.3 is 0 Å². The minimum absolute atomic E-state index is 0.346. The molecule has 0 aliphatic rings. The normalized spacial score (nSPS) is 12.9. The van der Waals surface area contributed by atoms with Crippen LogP contribution in [0.5, 0.6) is 0 Å². The fourth-order valence-electron chi connectivity index (χ4n) is 1.88. The molecule has 0 spiro atoms. The molecule has 1 rings (SSSR count). The van der Waals surface area contributed by atoms with Crippen molar-refractivity contribution in [1.29, 1.82) is 0 Å². The molecule has 1 aromatic rings. The zero-order valence-corrected chi connectivity index (χ0v) is 9.60. The van der Waals surface area contributed by atoms with E-state index in [-0.39, 0.29) is 0 Å². The molecule has 1 heterocycles. The lowest BCUT2D eigenvalue weighted by molar-refractivity contribution is 0.206. The van der Waals surface area contributed by atoms with Gasteiger partial charge in [0.05, 0.1) is 6.33 Å². The molecule has 0 aliphatic heterocycles. The number of aryl methyl sites for hydroxylation is 1. The van der Waals surface area contributed by atoms with Crippen molar-refractivity contribution in [3.8, 4) is 0 Å². The van der Waals surface area contributed by atoms with Crippen LogP contribution in [0, 0.1) is 5.92 Å².